The van der Waals surface area contributed by atoms with Crippen LogP contribution in [0.5, 0.6) is 0 Å². The monoisotopic (exact) mass is 322 g/mol. The zero-order valence-corrected chi connectivity index (χ0v) is 15.8. The fourth-order valence-corrected chi connectivity index (χ4v) is 4.23. The molecule has 0 aromatic carbocycles. The molecule has 2 aliphatic rings. The van der Waals surface area contributed by atoms with E-state index in [0.717, 1.165) is 30.9 Å². The predicted octanol–water partition coefficient (Wildman–Crippen LogP) is 3.10. The Kier molecular flexibility index (Phi) is 7.19. The molecule has 0 aromatic heterocycles. The maximum atomic E-state index is 4.41. The van der Waals surface area contributed by atoms with Gasteiger partial charge in [-0.15, -0.1) is 0 Å². The summed E-state index contributed by atoms with van der Waals surface area (Å²) in [6, 6.07) is 0. The molecule has 4 nitrogen and oxygen atoms in total. The van der Waals surface area contributed by atoms with E-state index in [0.29, 0.717) is 5.41 Å². The molecule has 0 radical (unpaired) electrons. The van der Waals surface area contributed by atoms with Gasteiger partial charge in [-0.1, -0.05) is 20.3 Å². The van der Waals surface area contributed by atoms with Crippen molar-refractivity contribution < 1.29 is 0 Å². The number of nitrogens with zero attached hydrogens (tertiary/aromatic N) is 2. The number of aliphatic imine (C=N–C) groups is 1. The number of rotatable bonds is 7. The van der Waals surface area contributed by atoms with Crippen molar-refractivity contribution in [3.8, 4) is 0 Å². The van der Waals surface area contributed by atoms with Crippen LogP contribution in [0.3, 0.4) is 0 Å². The quantitative estimate of drug-likeness (QED) is 0.559. The first-order chi connectivity index (χ1) is 11.0. The molecule has 2 N–H and O–H groups in total. The lowest BCUT2D eigenvalue weighted by Gasteiger charge is -2.43. The molecule has 0 aromatic rings. The molecule has 0 bridgehead atoms. The number of likely N-dealkylation sites (tertiary alicyclic amines) is 1. The lowest BCUT2D eigenvalue weighted by Crippen LogP contribution is -2.47. The van der Waals surface area contributed by atoms with Gasteiger partial charge in [0, 0.05) is 20.1 Å². The molecule has 0 unspecified atom stereocenters. The molecule has 0 atom stereocenters. The molecule has 1 aliphatic heterocycles. The standard InChI is InChI=1S/C19H38N4/c1-16(2)14-19(9-5-10-19)15-22-18(20-3)21-11-6-17-7-12-23(4)13-8-17/h16-17H,5-15H2,1-4H3,(H2,20,21,22). The van der Waals surface area contributed by atoms with Crippen LogP contribution >= 0.6 is 0 Å². The fourth-order valence-electron chi connectivity index (χ4n) is 4.23. The summed E-state index contributed by atoms with van der Waals surface area (Å²) in [4.78, 5) is 6.85. The molecule has 1 saturated carbocycles. The third-order valence-electron chi connectivity index (χ3n) is 5.79. The minimum absolute atomic E-state index is 0.528. The van der Waals surface area contributed by atoms with Crippen molar-refractivity contribution in [2.75, 3.05) is 40.3 Å². The summed E-state index contributed by atoms with van der Waals surface area (Å²) in [7, 11) is 4.12. The first kappa shape index (κ1) is 18.6. The van der Waals surface area contributed by atoms with Crippen molar-refractivity contribution >= 4 is 5.96 Å². The van der Waals surface area contributed by atoms with Gasteiger partial charge in [0.05, 0.1) is 0 Å². The van der Waals surface area contributed by atoms with Crippen LogP contribution in [0, 0.1) is 17.3 Å². The third-order valence-corrected chi connectivity index (χ3v) is 5.79. The highest BCUT2D eigenvalue weighted by Gasteiger charge is 2.37. The van der Waals surface area contributed by atoms with Crippen molar-refractivity contribution in [3.63, 3.8) is 0 Å². The highest BCUT2D eigenvalue weighted by molar-refractivity contribution is 5.79. The molecule has 2 rings (SSSR count). The number of piperidine rings is 1. The highest BCUT2D eigenvalue weighted by Crippen LogP contribution is 2.45. The first-order valence-electron chi connectivity index (χ1n) is 9.66. The normalized spacial score (nSPS) is 22.9. The summed E-state index contributed by atoms with van der Waals surface area (Å²) in [6.45, 7) is 9.33. The van der Waals surface area contributed by atoms with Crippen LogP contribution in [0.25, 0.3) is 0 Å². The number of nitrogens with one attached hydrogen (secondary N) is 2. The predicted molar refractivity (Wildman–Crippen MR) is 99.9 cm³/mol. The summed E-state index contributed by atoms with van der Waals surface area (Å²) in [5, 5.41) is 7.12. The van der Waals surface area contributed by atoms with Crippen LogP contribution in [0.4, 0.5) is 0 Å². The molecule has 4 heteroatoms. The third kappa shape index (κ3) is 5.98. The van der Waals surface area contributed by atoms with Crippen LogP contribution in [0.2, 0.25) is 0 Å². The van der Waals surface area contributed by atoms with Gasteiger partial charge in [-0.25, -0.2) is 0 Å². The topological polar surface area (TPSA) is 39.7 Å². The van der Waals surface area contributed by atoms with Crippen LogP contribution in [0.15, 0.2) is 4.99 Å². The molecule has 2 fully saturated rings. The van der Waals surface area contributed by atoms with Crippen molar-refractivity contribution in [1.29, 1.82) is 0 Å². The average molecular weight is 323 g/mol. The van der Waals surface area contributed by atoms with Crippen LogP contribution in [-0.4, -0.2) is 51.1 Å². The molecule has 0 spiro atoms. The summed E-state index contributed by atoms with van der Waals surface area (Å²) in [5.74, 6) is 2.67. The summed E-state index contributed by atoms with van der Waals surface area (Å²) >= 11 is 0. The van der Waals surface area contributed by atoms with Crippen LogP contribution in [-0.2, 0) is 0 Å². The molecule has 134 valence electrons. The zero-order chi connectivity index (χ0) is 16.7. The maximum absolute atomic E-state index is 4.41. The largest absolute Gasteiger partial charge is 0.356 e. The number of hydrogen-bond donors (Lipinski definition) is 2. The van der Waals surface area contributed by atoms with E-state index in [2.05, 4.69) is 41.4 Å². The second-order valence-electron chi connectivity index (χ2n) is 8.34. The minimum atomic E-state index is 0.528. The fraction of sp³-hybridized carbons (Fsp3) is 0.947. The lowest BCUT2D eigenvalue weighted by molar-refractivity contribution is 0.104. The second-order valence-corrected chi connectivity index (χ2v) is 8.34. The van der Waals surface area contributed by atoms with Gasteiger partial charge >= 0.3 is 0 Å². The Labute approximate surface area is 143 Å². The summed E-state index contributed by atoms with van der Waals surface area (Å²) in [5.41, 5.74) is 0.528. The van der Waals surface area contributed by atoms with Gasteiger partial charge in [0.1, 0.15) is 0 Å². The Balaban J connectivity index is 1.65. The first-order valence-corrected chi connectivity index (χ1v) is 9.66. The molecule has 0 amide bonds. The number of hydrogen-bond acceptors (Lipinski definition) is 2. The van der Waals surface area contributed by atoms with Gasteiger partial charge in [-0.2, -0.15) is 0 Å². The van der Waals surface area contributed by atoms with Crippen molar-refractivity contribution in [2.45, 2.75) is 58.8 Å². The molecular weight excluding hydrogens is 284 g/mol. The minimum Gasteiger partial charge on any atom is -0.356 e. The summed E-state index contributed by atoms with van der Waals surface area (Å²) < 4.78 is 0. The number of guanidine groups is 1. The van der Waals surface area contributed by atoms with E-state index in [1.165, 1.54) is 58.0 Å². The Morgan fingerprint density at radius 3 is 2.43 bits per heavy atom. The van der Waals surface area contributed by atoms with Gasteiger partial charge in [0.2, 0.25) is 0 Å². The Hall–Kier alpha value is -0.770. The van der Waals surface area contributed by atoms with Crippen LogP contribution in [0.1, 0.15) is 58.8 Å². The van der Waals surface area contributed by atoms with E-state index >= 15 is 0 Å². The Morgan fingerprint density at radius 2 is 1.91 bits per heavy atom. The molecule has 1 aliphatic carbocycles. The van der Waals surface area contributed by atoms with E-state index in [-0.39, 0.29) is 0 Å². The van der Waals surface area contributed by atoms with Gasteiger partial charge in [-0.05, 0) is 75.9 Å². The van der Waals surface area contributed by atoms with Crippen molar-refractivity contribution in [1.82, 2.24) is 15.5 Å². The zero-order valence-electron chi connectivity index (χ0n) is 15.8. The molecular formula is C19H38N4. The maximum Gasteiger partial charge on any atom is 0.190 e. The summed E-state index contributed by atoms with van der Waals surface area (Å²) in [6.07, 6.45) is 9.47. The Morgan fingerprint density at radius 1 is 1.22 bits per heavy atom. The average Bonchev–Trinajstić information content (AvgIpc) is 2.49. The molecule has 1 saturated heterocycles. The smallest absolute Gasteiger partial charge is 0.190 e. The van der Waals surface area contributed by atoms with Crippen molar-refractivity contribution in [3.05, 3.63) is 0 Å². The van der Waals surface area contributed by atoms with E-state index < -0.39 is 0 Å². The highest BCUT2D eigenvalue weighted by atomic mass is 15.2. The van der Waals surface area contributed by atoms with E-state index in [4.69, 9.17) is 0 Å². The van der Waals surface area contributed by atoms with Gasteiger partial charge in [0.15, 0.2) is 5.96 Å². The van der Waals surface area contributed by atoms with E-state index in [9.17, 15) is 0 Å². The lowest BCUT2D eigenvalue weighted by atomic mass is 9.64. The van der Waals surface area contributed by atoms with Gasteiger partial charge in [0.25, 0.3) is 0 Å². The van der Waals surface area contributed by atoms with Crippen molar-refractivity contribution in [2.24, 2.45) is 22.2 Å². The van der Waals surface area contributed by atoms with Gasteiger partial charge < -0.3 is 15.5 Å². The molecule has 1 heterocycles. The van der Waals surface area contributed by atoms with Gasteiger partial charge in [-0.3, -0.25) is 4.99 Å². The molecule has 23 heavy (non-hydrogen) atoms. The van der Waals surface area contributed by atoms with Crippen LogP contribution < -0.4 is 10.6 Å². The Bertz CT molecular complexity index is 366. The second kappa shape index (κ2) is 8.91. The van der Waals surface area contributed by atoms with E-state index in [1.54, 1.807) is 0 Å². The SMILES string of the molecule is CN=C(NCCC1CCN(C)CC1)NCC1(CC(C)C)CCC1. The van der Waals surface area contributed by atoms with E-state index in [1.807, 2.05) is 7.05 Å².